The van der Waals surface area contributed by atoms with Gasteiger partial charge in [-0.1, -0.05) is 20.8 Å². The van der Waals surface area contributed by atoms with E-state index in [1.807, 2.05) is 32.2 Å². The Kier molecular flexibility index (Phi) is 3.98. The molecule has 2 nitrogen and oxygen atoms in total. The Bertz CT molecular complexity index is 332. The monoisotopic (exact) mass is 291 g/mol. The third kappa shape index (κ3) is 3.03. The van der Waals surface area contributed by atoms with E-state index in [1.54, 1.807) is 11.3 Å². The molecule has 0 amide bonds. The molecule has 1 unspecified atom stereocenters. The molecule has 0 aliphatic heterocycles. The van der Waals surface area contributed by atoms with Gasteiger partial charge in [0, 0.05) is 27.7 Å². The topological polar surface area (TPSA) is 46.2 Å². The van der Waals surface area contributed by atoms with Crippen molar-refractivity contribution >= 4 is 27.3 Å². The second kappa shape index (κ2) is 4.53. The summed E-state index contributed by atoms with van der Waals surface area (Å²) >= 11 is 5.06. The molecule has 4 heteroatoms. The molecule has 3 N–H and O–H groups in total. The van der Waals surface area contributed by atoms with E-state index in [4.69, 9.17) is 5.73 Å². The first-order chi connectivity index (χ1) is 6.78. The summed E-state index contributed by atoms with van der Waals surface area (Å²) in [6.45, 7) is 6.33. The zero-order valence-electron chi connectivity index (χ0n) is 9.38. The molecule has 0 bridgehead atoms. The zero-order valence-corrected chi connectivity index (χ0v) is 11.8. The molecule has 0 saturated heterocycles. The first-order valence-electron chi connectivity index (χ1n) is 4.94. The maximum absolute atomic E-state index is 10.5. The highest BCUT2D eigenvalue weighted by Crippen LogP contribution is 2.34. The number of aliphatic hydroxyl groups is 1. The Labute approximate surface area is 104 Å². The molecule has 1 rings (SSSR count). The van der Waals surface area contributed by atoms with Crippen molar-refractivity contribution < 1.29 is 5.11 Å². The fraction of sp³-hybridized carbons (Fsp3) is 0.636. The van der Waals surface area contributed by atoms with Crippen LogP contribution in [0.2, 0.25) is 0 Å². The van der Waals surface area contributed by atoms with Gasteiger partial charge in [0.15, 0.2) is 0 Å². The van der Waals surface area contributed by atoms with Crippen LogP contribution in [0.25, 0.3) is 0 Å². The van der Waals surface area contributed by atoms with E-state index in [-0.39, 0.29) is 12.0 Å². The highest BCUT2D eigenvalue weighted by atomic mass is 79.9. The molecule has 0 fully saturated rings. The molecule has 0 saturated carbocycles. The molecular weight excluding hydrogens is 274 g/mol. The lowest BCUT2D eigenvalue weighted by Gasteiger charge is -2.39. The summed E-state index contributed by atoms with van der Waals surface area (Å²) in [7, 11) is 0. The highest BCUT2D eigenvalue weighted by molar-refractivity contribution is 9.10. The minimum Gasteiger partial charge on any atom is -0.388 e. The molecule has 0 aliphatic carbocycles. The van der Waals surface area contributed by atoms with E-state index in [0.29, 0.717) is 6.42 Å². The molecule has 0 spiro atoms. The number of hydrogen-bond donors (Lipinski definition) is 2. The Morgan fingerprint density at radius 2 is 2.07 bits per heavy atom. The quantitative estimate of drug-likeness (QED) is 0.900. The Morgan fingerprint density at radius 1 is 1.47 bits per heavy atom. The average molecular weight is 292 g/mol. The van der Waals surface area contributed by atoms with Gasteiger partial charge in [-0.05, 0) is 27.4 Å². The van der Waals surface area contributed by atoms with Crippen molar-refractivity contribution in [1.29, 1.82) is 0 Å². The largest absolute Gasteiger partial charge is 0.388 e. The number of nitrogens with two attached hydrogens (primary N) is 1. The van der Waals surface area contributed by atoms with Crippen LogP contribution in [0.4, 0.5) is 0 Å². The Hall–Kier alpha value is 0.1000. The van der Waals surface area contributed by atoms with Crippen LogP contribution in [0.3, 0.4) is 0 Å². The maximum Gasteiger partial charge on any atom is 0.0865 e. The zero-order chi connectivity index (χ0) is 11.7. The van der Waals surface area contributed by atoms with Crippen molar-refractivity contribution in [2.24, 2.45) is 11.1 Å². The number of hydrogen-bond acceptors (Lipinski definition) is 3. The van der Waals surface area contributed by atoms with Crippen molar-refractivity contribution in [1.82, 2.24) is 0 Å². The molecular formula is C11H18BrNOS. The minimum atomic E-state index is -0.836. The van der Waals surface area contributed by atoms with Crippen LogP contribution in [0.1, 0.15) is 25.6 Å². The van der Waals surface area contributed by atoms with Gasteiger partial charge < -0.3 is 10.8 Å². The van der Waals surface area contributed by atoms with Crippen molar-refractivity contribution in [2.45, 2.75) is 32.8 Å². The summed E-state index contributed by atoms with van der Waals surface area (Å²) in [5.41, 5.74) is 4.64. The van der Waals surface area contributed by atoms with Gasteiger partial charge in [-0.2, -0.15) is 0 Å². The number of rotatable bonds is 3. The van der Waals surface area contributed by atoms with Crippen LogP contribution in [-0.2, 0) is 6.42 Å². The van der Waals surface area contributed by atoms with Crippen LogP contribution in [-0.4, -0.2) is 17.3 Å². The lowest BCUT2D eigenvalue weighted by atomic mass is 9.74. The second-order valence-corrected chi connectivity index (χ2v) is 6.81. The first kappa shape index (κ1) is 13.2. The van der Waals surface area contributed by atoms with Crippen LogP contribution >= 0.6 is 27.3 Å². The van der Waals surface area contributed by atoms with Gasteiger partial charge in [0.2, 0.25) is 0 Å². The van der Waals surface area contributed by atoms with Gasteiger partial charge in [-0.25, -0.2) is 0 Å². The maximum atomic E-state index is 10.5. The third-order valence-electron chi connectivity index (χ3n) is 2.82. The summed E-state index contributed by atoms with van der Waals surface area (Å²) < 4.78 is 1.07. The van der Waals surface area contributed by atoms with E-state index in [0.717, 1.165) is 9.35 Å². The van der Waals surface area contributed by atoms with Crippen LogP contribution in [0.15, 0.2) is 15.9 Å². The van der Waals surface area contributed by atoms with E-state index in [9.17, 15) is 5.11 Å². The second-order valence-electron chi connectivity index (χ2n) is 4.89. The fourth-order valence-electron chi connectivity index (χ4n) is 1.38. The summed E-state index contributed by atoms with van der Waals surface area (Å²) in [5, 5.41) is 12.5. The molecule has 0 aliphatic rings. The van der Waals surface area contributed by atoms with E-state index in [1.165, 1.54) is 0 Å². The molecule has 1 aromatic rings. The smallest absolute Gasteiger partial charge is 0.0865 e. The van der Waals surface area contributed by atoms with Crippen molar-refractivity contribution in [2.75, 3.05) is 6.54 Å². The predicted molar refractivity (Wildman–Crippen MR) is 69.2 cm³/mol. The molecule has 1 atom stereocenters. The van der Waals surface area contributed by atoms with Crippen LogP contribution in [0, 0.1) is 5.41 Å². The van der Waals surface area contributed by atoms with E-state index >= 15 is 0 Å². The lowest BCUT2D eigenvalue weighted by Crippen LogP contribution is -2.50. The Balaban J connectivity index is 2.86. The predicted octanol–water partition coefficient (Wildman–Crippen LogP) is 2.79. The van der Waals surface area contributed by atoms with Crippen LogP contribution in [0.5, 0.6) is 0 Å². The van der Waals surface area contributed by atoms with Crippen molar-refractivity contribution in [3.8, 4) is 0 Å². The molecule has 1 heterocycles. The van der Waals surface area contributed by atoms with Crippen molar-refractivity contribution in [3.05, 3.63) is 20.8 Å². The summed E-state index contributed by atoms with van der Waals surface area (Å²) in [6, 6.07) is 2.04. The van der Waals surface area contributed by atoms with E-state index in [2.05, 4.69) is 15.9 Å². The fourth-order valence-corrected chi connectivity index (χ4v) is 2.94. The van der Waals surface area contributed by atoms with Gasteiger partial charge in [0.05, 0.1) is 5.60 Å². The third-order valence-corrected chi connectivity index (χ3v) is 4.52. The Morgan fingerprint density at radius 3 is 2.40 bits per heavy atom. The van der Waals surface area contributed by atoms with E-state index < -0.39 is 5.60 Å². The summed E-state index contributed by atoms with van der Waals surface area (Å²) in [4.78, 5) is 1.16. The minimum absolute atomic E-state index is 0.210. The standard InChI is InChI=1S/C11H18BrNOS/c1-10(2,3)11(14,7-13)5-9-4-8(12)6-15-9/h4,6,14H,5,7,13H2,1-3H3. The van der Waals surface area contributed by atoms with Crippen LogP contribution < -0.4 is 5.73 Å². The molecule has 15 heavy (non-hydrogen) atoms. The normalized spacial score (nSPS) is 16.4. The highest BCUT2D eigenvalue weighted by Gasteiger charge is 2.39. The van der Waals surface area contributed by atoms with Gasteiger partial charge in [0.1, 0.15) is 0 Å². The van der Waals surface area contributed by atoms with Gasteiger partial charge in [-0.15, -0.1) is 11.3 Å². The molecule has 0 radical (unpaired) electrons. The number of thiophene rings is 1. The summed E-state index contributed by atoms with van der Waals surface area (Å²) in [6.07, 6.45) is 0.614. The molecule has 86 valence electrons. The van der Waals surface area contributed by atoms with Gasteiger partial charge >= 0.3 is 0 Å². The molecule has 1 aromatic heterocycles. The molecule has 0 aromatic carbocycles. The van der Waals surface area contributed by atoms with Gasteiger partial charge in [0.25, 0.3) is 0 Å². The SMILES string of the molecule is CC(C)(C)C(O)(CN)Cc1cc(Br)cs1. The van der Waals surface area contributed by atoms with Gasteiger partial charge in [-0.3, -0.25) is 0 Å². The lowest BCUT2D eigenvalue weighted by molar-refractivity contribution is -0.0484. The summed E-state index contributed by atoms with van der Waals surface area (Å²) in [5.74, 6) is 0. The van der Waals surface area contributed by atoms with Crippen molar-refractivity contribution in [3.63, 3.8) is 0 Å². The number of halogens is 1. The first-order valence-corrected chi connectivity index (χ1v) is 6.61. The average Bonchev–Trinajstić information content (AvgIpc) is 2.49.